The van der Waals surface area contributed by atoms with Gasteiger partial charge < -0.3 is 15.4 Å². The lowest BCUT2D eigenvalue weighted by atomic mass is 10.0. The molecule has 2 heterocycles. The van der Waals surface area contributed by atoms with Gasteiger partial charge in [0.1, 0.15) is 5.69 Å². The number of aryl methyl sites for hydroxylation is 3. The molecule has 1 amide bonds. The predicted molar refractivity (Wildman–Crippen MR) is 109 cm³/mol. The monoisotopic (exact) mass is 368 g/mol. The van der Waals surface area contributed by atoms with Crippen LogP contribution in [0.2, 0.25) is 0 Å². The smallest absolute Gasteiger partial charge is 0.274 e. The average molecular weight is 368 g/mol. The van der Waals surface area contributed by atoms with E-state index in [-0.39, 0.29) is 5.91 Å². The molecule has 2 N–H and O–H groups in total. The van der Waals surface area contributed by atoms with Gasteiger partial charge >= 0.3 is 0 Å². The number of nitrogens with one attached hydrogen (secondary N) is 2. The number of rotatable bonds is 6. The number of amides is 1. The predicted octanol–water partition coefficient (Wildman–Crippen LogP) is 3.00. The summed E-state index contributed by atoms with van der Waals surface area (Å²) in [6, 6.07) is 7.79. The quantitative estimate of drug-likeness (QED) is 0.820. The van der Waals surface area contributed by atoms with Gasteiger partial charge in [-0.05, 0) is 44.0 Å². The van der Waals surface area contributed by atoms with E-state index < -0.39 is 0 Å². The van der Waals surface area contributed by atoms with E-state index >= 15 is 0 Å². The Labute approximate surface area is 160 Å². The Hall–Kier alpha value is -2.44. The lowest BCUT2D eigenvalue weighted by Crippen LogP contribution is -2.39. The molecule has 27 heavy (non-hydrogen) atoms. The fraction of sp³-hybridized carbons (Fsp3) is 0.429. The molecule has 0 bridgehead atoms. The summed E-state index contributed by atoms with van der Waals surface area (Å²) >= 11 is 0. The third-order valence-corrected chi connectivity index (χ3v) is 4.77. The van der Waals surface area contributed by atoms with Gasteiger partial charge in [0.25, 0.3) is 5.91 Å². The molecule has 6 heteroatoms. The van der Waals surface area contributed by atoms with Crippen molar-refractivity contribution in [3.05, 3.63) is 52.8 Å². The molecule has 2 aromatic rings. The molecule has 1 aromatic heterocycles. The van der Waals surface area contributed by atoms with Crippen molar-refractivity contribution in [2.75, 3.05) is 50.0 Å². The molecule has 0 spiro atoms. The minimum atomic E-state index is -0.190. The summed E-state index contributed by atoms with van der Waals surface area (Å²) in [5, 5.41) is 6.34. The molecule has 6 nitrogen and oxygen atoms in total. The van der Waals surface area contributed by atoms with E-state index in [2.05, 4.69) is 39.6 Å². The second-order valence-corrected chi connectivity index (χ2v) is 7.04. The van der Waals surface area contributed by atoms with Gasteiger partial charge in [0, 0.05) is 31.9 Å². The Balaban J connectivity index is 1.54. The number of benzene rings is 1. The molecule has 0 atom stereocenters. The molecule has 0 saturated carbocycles. The van der Waals surface area contributed by atoms with Crippen molar-refractivity contribution in [1.82, 2.24) is 9.88 Å². The van der Waals surface area contributed by atoms with Crippen LogP contribution in [-0.4, -0.2) is 55.2 Å². The van der Waals surface area contributed by atoms with E-state index in [1.807, 2.05) is 19.9 Å². The highest BCUT2D eigenvalue weighted by atomic mass is 16.5. The number of anilines is 2. The average Bonchev–Trinajstić information content (AvgIpc) is 2.66. The second-order valence-electron chi connectivity index (χ2n) is 7.04. The van der Waals surface area contributed by atoms with Gasteiger partial charge in [0.2, 0.25) is 0 Å². The van der Waals surface area contributed by atoms with Gasteiger partial charge in [-0.25, -0.2) is 4.98 Å². The lowest BCUT2D eigenvalue weighted by molar-refractivity contribution is 0.0398. The fourth-order valence-electron chi connectivity index (χ4n) is 3.37. The molecule has 0 radical (unpaired) electrons. The summed E-state index contributed by atoms with van der Waals surface area (Å²) in [5.74, 6) is -0.190. The van der Waals surface area contributed by atoms with Gasteiger partial charge in [0.15, 0.2) is 0 Å². The zero-order valence-electron chi connectivity index (χ0n) is 16.3. The van der Waals surface area contributed by atoms with Crippen LogP contribution in [0.25, 0.3) is 0 Å². The van der Waals surface area contributed by atoms with Crippen LogP contribution in [0, 0.1) is 20.8 Å². The molecule has 1 saturated heterocycles. The lowest BCUT2D eigenvalue weighted by Gasteiger charge is -2.26. The van der Waals surface area contributed by atoms with E-state index in [0.29, 0.717) is 5.69 Å². The van der Waals surface area contributed by atoms with E-state index in [1.165, 1.54) is 5.56 Å². The molecule has 1 aliphatic rings. The fourth-order valence-corrected chi connectivity index (χ4v) is 3.37. The normalized spacial score (nSPS) is 14.8. The maximum absolute atomic E-state index is 12.5. The first kappa shape index (κ1) is 19.3. The Kier molecular flexibility index (Phi) is 6.42. The van der Waals surface area contributed by atoms with Gasteiger partial charge in [-0.3, -0.25) is 9.69 Å². The van der Waals surface area contributed by atoms with Crippen molar-refractivity contribution < 1.29 is 9.53 Å². The third-order valence-electron chi connectivity index (χ3n) is 4.77. The summed E-state index contributed by atoms with van der Waals surface area (Å²) in [6.45, 7) is 11.5. The Morgan fingerprint density at radius 3 is 2.48 bits per heavy atom. The van der Waals surface area contributed by atoms with Crippen molar-refractivity contribution in [1.29, 1.82) is 0 Å². The topological polar surface area (TPSA) is 66.5 Å². The van der Waals surface area contributed by atoms with Crippen LogP contribution in [0.3, 0.4) is 0 Å². The van der Waals surface area contributed by atoms with Crippen LogP contribution in [0.4, 0.5) is 11.4 Å². The molecule has 1 aromatic carbocycles. The minimum Gasteiger partial charge on any atom is -0.383 e. The van der Waals surface area contributed by atoms with Crippen LogP contribution >= 0.6 is 0 Å². The van der Waals surface area contributed by atoms with E-state index in [9.17, 15) is 4.79 Å². The third kappa shape index (κ3) is 5.28. The van der Waals surface area contributed by atoms with Crippen LogP contribution in [0.1, 0.15) is 27.2 Å². The Morgan fingerprint density at radius 1 is 1.15 bits per heavy atom. The van der Waals surface area contributed by atoms with Gasteiger partial charge in [0.05, 0.1) is 25.1 Å². The maximum atomic E-state index is 12.5. The summed E-state index contributed by atoms with van der Waals surface area (Å²) in [7, 11) is 0. The number of carbonyl (C=O) groups is 1. The maximum Gasteiger partial charge on any atom is 0.274 e. The van der Waals surface area contributed by atoms with Crippen molar-refractivity contribution >= 4 is 17.3 Å². The summed E-state index contributed by atoms with van der Waals surface area (Å²) < 4.78 is 5.35. The van der Waals surface area contributed by atoms with E-state index in [1.54, 1.807) is 12.3 Å². The zero-order valence-corrected chi connectivity index (χ0v) is 16.3. The molecule has 0 aliphatic carbocycles. The van der Waals surface area contributed by atoms with Gasteiger partial charge in [-0.1, -0.05) is 17.7 Å². The first-order chi connectivity index (χ1) is 13.0. The van der Waals surface area contributed by atoms with Gasteiger partial charge in [-0.2, -0.15) is 0 Å². The molecular weight excluding hydrogens is 340 g/mol. The largest absolute Gasteiger partial charge is 0.383 e. The van der Waals surface area contributed by atoms with E-state index in [0.717, 1.165) is 61.9 Å². The summed E-state index contributed by atoms with van der Waals surface area (Å²) in [5.41, 5.74) is 5.49. The minimum absolute atomic E-state index is 0.190. The van der Waals surface area contributed by atoms with Crippen molar-refractivity contribution in [2.45, 2.75) is 20.8 Å². The number of pyridine rings is 1. The van der Waals surface area contributed by atoms with Gasteiger partial charge in [-0.15, -0.1) is 0 Å². The zero-order chi connectivity index (χ0) is 19.2. The van der Waals surface area contributed by atoms with Crippen molar-refractivity contribution in [2.24, 2.45) is 0 Å². The SMILES string of the molecule is Cc1cc(C)c(NC(=O)c2ccc(NCCN3CCOCC3)cn2)c(C)c1. The number of ether oxygens (including phenoxy) is 1. The van der Waals surface area contributed by atoms with Crippen molar-refractivity contribution in [3.8, 4) is 0 Å². The molecule has 0 unspecified atom stereocenters. The number of hydrogen-bond acceptors (Lipinski definition) is 5. The van der Waals surface area contributed by atoms with Crippen LogP contribution in [0.5, 0.6) is 0 Å². The standard InChI is InChI=1S/C21H28N4O2/c1-15-12-16(2)20(17(3)13-15)24-21(26)19-5-4-18(14-23-19)22-6-7-25-8-10-27-11-9-25/h4-5,12-14,22H,6-11H2,1-3H3,(H,24,26). The number of carbonyl (C=O) groups excluding carboxylic acids is 1. The number of aromatic nitrogens is 1. The molecule has 144 valence electrons. The Bertz CT molecular complexity index is 760. The van der Waals surface area contributed by atoms with Crippen LogP contribution in [-0.2, 0) is 4.74 Å². The summed E-state index contributed by atoms with van der Waals surface area (Å²) in [4.78, 5) is 19.2. The molecule has 1 fully saturated rings. The first-order valence-corrected chi connectivity index (χ1v) is 9.42. The highest BCUT2D eigenvalue weighted by Gasteiger charge is 2.12. The van der Waals surface area contributed by atoms with Crippen LogP contribution in [0.15, 0.2) is 30.5 Å². The van der Waals surface area contributed by atoms with Crippen molar-refractivity contribution in [3.63, 3.8) is 0 Å². The second kappa shape index (κ2) is 8.97. The Morgan fingerprint density at radius 2 is 1.85 bits per heavy atom. The molecular formula is C21H28N4O2. The molecule has 3 rings (SSSR count). The highest BCUT2D eigenvalue weighted by Crippen LogP contribution is 2.22. The van der Waals surface area contributed by atoms with Crippen LogP contribution < -0.4 is 10.6 Å². The number of hydrogen-bond donors (Lipinski definition) is 2. The molecule has 1 aliphatic heterocycles. The summed E-state index contributed by atoms with van der Waals surface area (Å²) in [6.07, 6.45) is 1.71. The highest BCUT2D eigenvalue weighted by molar-refractivity contribution is 6.03. The number of nitrogens with zero attached hydrogens (tertiary/aromatic N) is 2. The van der Waals surface area contributed by atoms with E-state index in [4.69, 9.17) is 4.74 Å². The number of morpholine rings is 1. The first-order valence-electron chi connectivity index (χ1n) is 9.42.